The van der Waals surface area contributed by atoms with Gasteiger partial charge < -0.3 is 19.5 Å². The molecule has 0 spiro atoms. The summed E-state index contributed by atoms with van der Waals surface area (Å²) < 4.78 is 41.5. The first kappa shape index (κ1) is 23.3. The number of anilines is 1. The second-order valence-corrected chi connectivity index (χ2v) is 8.80. The van der Waals surface area contributed by atoms with Gasteiger partial charge in [0.05, 0.1) is 32.3 Å². The first-order valence-electron chi connectivity index (χ1n) is 9.36. The molecule has 0 fully saturated rings. The van der Waals surface area contributed by atoms with Crippen LogP contribution < -0.4 is 23.8 Å². The Bertz CT molecular complexity index is 958. The number of hydrogen-bond donors (Lipinski definition) is 1. The second-order valence-electron chi connectivity index (χ2n) is 6.90. The van der Waals surface area contributed by atoms with E-state index in [2.05, 4.69) is 5.32 Å². The molecule has 0 aliphatic rings. The quantitative estimate of drug-likeness (QED) is 0.615. The van der Waals surface area contributed by atoms with Gasteiger partial charge in [-0.3, -0.25) is 9.10 Å². The summed E-state index contributed by atoms with van der Waals surface area (Å²) in [6.45, 7) is 3.69. The third-order valence-electron chi connectivity index (χ3n) is 4.12. The van der Waals surface area contributed by atoms with Crippen LogP contribution in [0.4, 0.5) is 5.69 Å². The summed E-state index contributed by atoms with van der Waals surface area (Å²) in [6.07, 6.45) is 1.07. The Hall–Kier alpha value is -2.94. The Balaban J connectivity index is 2.07. The van der Waals surface area contributed by atoms with Crippen molar-refractivity contribution in [3.8, 4) is 17.2 Å². The van der Waals surface area contributed by atoms with E-state index in [-0.39, 0.29) is 19.2 Å². The summed E-state index contributed by atoms with van der Waals surface area (Å²) in [5.41, 5.74) is 1.18. The molecule has 0 saturated heterocycles. The van der Waals surface area contributed by atoms with E-state index in [1.165, 1.54) is 7.11 Å². The molecule has 2 rings (SSSR count). The smallest absolute Gasteiger partial charge is 0.241 e. The van der Waals surface area contributed by atoms with Crippen molar-refractivity contribution in [3.05, 3.63) is 48.0 Å². The van der Waals surface area contributed by atoms with Crippen molar-refractivity contribution in [2.45, 2.75) is 26.5 Å². The Labute approximate surface area is 177 Å². The van der Waals surface area contributed by atoms with Gasteiger partial charge in [-0.15, -0.1) is 0 Å². The van der Waals surface area contributed by atoms with E-state index >= 15 is 0 Å². The maximum Gasteiger partial charge on any atom is 0.241 e. The molecule has 9 heteroatoms. The fraction of sp³-hybridized carbons (Fsp3) is 0.381. The van der Waals surface area contributed by atoms with Crippen molar-refractivity contribution in [1.29, 1.82) is 0 Å². The Morgan fingerprint density at radius 2 is 1.67 bits per heavy atom. The molecule has 0 aliphatic carbocycles. The van der Waals surface area contributed by atoms with E-state index in [0.29, 0.717) is 22.9 Å². The van der Waals surface area contributed by atoms with Gasteiger partial charge in [0.1, 0.15) is 12.3 Å². The number of nitrogens with zero attached hydrogens (tertiary/aromatic N) is 1. The van der Waals surface area contributed by atoms with Gasteiger partial charge in [0.15, 0.2) is 11.5 Å². The highest BCUT2D eigenvalue weighted by Gasteiger charge is 2.21. The van der Waals surface area contributed by atoms with Gasteiger partial charge >= 0.3 is 0 Å². The van der Waals surface area contributed by atoms with Crippen LogP contribution in [0.15, 0.2) is 42.5 Å². The molecule has 0 radical (unpaired) electrons. The lowest BCUT2D eigenvalue weighted by Gasteiger charge is -2.22. The summed E-state index contributed by atoms with van der Waals surface area (Å²) in [6, 6.07) is 11.9. The number of methoxy groups -OCH3 is 2. The summed E-state index contributed by atoms with van der Waals surface area (Å²) in [4.78, 5) is 12.4. The first-order chi connectivity index (χ1) is 14.1. The van der Waals surface area contributed by atoms with Gasteiger partial charge in [-0.2, -0.15) is 0 Å². The largest absolute Gasteiger partial charge is 0.493 e. The van der Waals surface area contributed by atoms with Crippen LogP contribution in [0.25, 0.3) is 0 Å². The molecule has 1 N–H and O–H groups in total. The molecule has 8 nitrogen and oxygen atoms in total. The number of amides is 1. The van der Waals surface area contributed by atoms with Gasteiger partial charge in [0, 0.05) is 6.54 Å². The molecule has 30 heavy (non-hydrogen) atoms. The van der Waals surface area contributed by atoms with Gasteiger partial charge in [-0.1, -0.05) is 6.07 Å². The normalized spacial score (nSPS) is 11.1. The predicted molar refractivity (Wildman–Crippen MR) is 116 cm³/mol. The van der Waals surface area contributed by atoms with Crippen LogP contribution in [0, 0.1) is 0 Å². The Morgan fingerprint density at radius 3 is 2.20 bits per heavy atom. The standard InChI is InChI=1S/C21H28N2O6S/c1-15(2)29-18-9-7-17(8-10-18)23(30(5,25)26)14-21(24)22-13-16-6-11-19(27-3)20(12-16)28-4/h6-12,15H,13-14H2,1-5H3,(H,22,24). The minimum Gasteiger partial charge on any atom is -0.493 e. The molecule has 0 bridgehead atoms. The predicted octanol–water partition coefficient (Wildman–Crippen LogP) is 2.57. The van der Waals surface area contributed by atoms with Gasteiger partial charge in [-0.05, 0) is 55.8 Å². The highest BCUT2D eigenvalue weighted by atomic mass is 32.2. The van der Waals surface area contributed by atoms with Crippen LogP contribution in [-0.4, -0.2) is 47.4 Å². The lowest BCUT2D eigenvalue weighted by atomic mass is 10.2. The van der Waals surface area contributed by atoms with E-state index in [9.17, 15) is 13.2 Å². The zero-order valence-corrected chi connectivity index (χ0v) is 18.7. The fourth-order valence-electron chi connectivity index (χ4n) is 2.74. The average molecular weight is 437 g/mol. The number of rotatable bonds is 10. The summed E-state index contributed by atoms with van der Waals surface area (Å²) in [5.74, 6) is 1.32. The number of carbonyl (C=O) groups excluding carboxylic acids is 1. The van der Waals surface area contributed by atoms with Crippen LogP contribution >= 0.6 is 0 Å². The third kappa shape index (κ3) is 6.55. The number of benzene rings is 2. The molecule has 164 valence electrons. The molecule has 0 heterocycles. The second kappa shape index (κ2) is 10.2. The third-order valence-corrected chi connectivity index (χ3v) is 5.26. The molecule has 0 saturated carbocycles. The van der Waals surface area contributed by atoms with Crippen LogP contribution in [0.5, 0.6) is 17.2 Å². The number of sulfonamides is 1. The zero-order chi connectivity index (χ0) is 22.3. The highest BCUT2D eigenvalue weighted by Crippen LogP contribution is 2.27. The van der Waals surface area contributed by atoms with Crippen LogP contribution in [0.1, 0.15) is 19.4 Å². The van der Waals surface area contributed by atoms with Gasteiger partial charge in [0.2, 0.25) is 15.9 Å². The highest BCUT2D eigenvalue weighted by molar-refractivity contribution is 7.92. The van der Waals surface area contributed by atoms with E-state index < -0.39 is 15.9 Å². The SMILES string of the molecule is COc1ccc(CNC(=O)CN(c2ccc(OC(C)C)cc2)S(C)(=O)=O)cc1OC. The Morgan fingerprint density at radius 1 is 1.03 bits per heavy atom. The molecule has 2 aromatic carbocycles. The first-order valence-corrected chi connectivity index (χ1v) is 11.2. The van der Waals surface area contributed by atoms with Crippen molar-refractivity contribution < 1.29 is 27.4 Å². The van der Waals surface area contributed by atoms with Crippen molar-refractivity contribution >= 4 is 21.6 Å². The number of carbonyl (C=O) groups is 1. The lowest BCUT2D eigenvalue weighted by Crippen LogP contribution is -2.40. The van der Waals surface area contributed by atoms with Crippen molar-refractivity contribution in [2.75, 3.05) is 31.3 Å². The molecule has 0 aliphatic heterocycles. The van der Waals surface area contributed by atoms with Crippen LogP contribution in [0.2, 0.25) is 0 Å². The number of nitrogens with one attached hydrogen (secondary N) is 1. The molecular formula is C21H28N2O6S. The van der Waals surface area contributed by atoms with Gasteiger partial charge in [-0.25, -0.2) is 8.42 Å². The summed E-state index contributed by atoms with van der Waals surface area (Å²) >= 11 is 0. The average Bonchev–Trinajstić information content (AvgIpc) is 2.69. The van der Waals surface area contributed by atoms with Crippen molar-refractivity contribution in [3.63, 3.8) is 0 Å². The number of ether oxygens (including phenoxy) is 3. The van der Waals surface area contributed by atoms with E-state index in [4.69, 9.17) is 14.2 Å². The maximum atomic E-state index is 12.4. The fourth-order valence-corrected chi connectivity index (χ4v) is 3.60. The van der Waals surface area contributed by atoms with Crippen LogP contribution in [0.3, 0.4) is 0 Å². The molecule has 1 amide bonds. The van der Waals surface area contributed by atoms with E-state index in [0.717, 1.165) is 16.1 Å². The van der Waals surface area contributed by atoms with Crippen molar-refractivity contribution in [1.82, 2.24) is 5.32 Å². The number of hydrogen-bond acceptors (Lipinski definition) is 6. The van der Waals surface area contributed by atoms with Crippen molar-refractivity contribution in [2.24, 2.45) is 0 Å². The summed E-state index contributed by atoms with van der Waals surface area (Å²) in [7, 11) is -0.585. The summed E-state index contributed by atoms with van der Waals surface area (Å²) in [5, 5.41) is 2.73. The maximum absolute atomic E-state index is 12.4. The Kier molecular flexibility index (Phi) is 7.93. The minimum absolute atomic E-state index is 0.00391. The molecule has 0 aromatic heterocycles. The zero-order valence-electron chi connectivity index (χ0n) is 17.8. The van der Waals surface area contributed by atoms with Gasteiger partial charge in [0.25, 0.3) is 0 Å². The molecule has 2 aromatic rings. The monoisotopic (exact) mass is 436 g/mol. The molecular weight excluding hydrogens is 408 g/mol. The minimum atomic E-state index is -3.66. The lowest BCUT2D eigenvalue weighted by molar-refractivity contribution is -0.119. The van der Waals surface area contributed by atoms with Crippen LogP contribution in [-0.2, 0) is 21.4 Å². The topological polar surface area (TPSA) is 94.2 Å². The molecule has 0 atom stereocenters. The van der Waals surface area contributed by atoms with E-state index in [1.807, 2.05) is 13.8 Å². The van der Waals surface area contributed by atoms with E-state index in [1.54, 1.807) is 49.6 Å². The molecule has 0 unspecified atom stereocenters.